The van der Waals surface area contributed by atoms with Crippen LogP contribution in [0.5, 0.6) is 0 Å². The minimum Gasteiger partial charge on any atom is -0.394 e. The minimum absolute atomic E-state index is 0.0355. The number of rotatable bonds is 5. The van der Waals surface area contributed by atoms with Gasteiger partial charge < -0.3 is 15.4 Å². The number of aromatic nitrogens is 4. The minimum atomic E-state index is -0.425. The number of aromatic amines is 1. The second-order valence-electron chi connectivity index (χ2n) is 5.64. The van der Waals surface area contributed by atoms with Gasteiger partial charge in [-0.1, -0.05) is 13.8 Å². The van der Waals surface area contributed by atoms with E-state index in [1.807, 2.05) is 0 Å². The number of H-pyrrole nitrogens is 1. The van der Waals surface area contributed by atoms with Crippen LogP contribution in [0.15, 0.2) is 9.59 Å². The maximum absolute atomic E-state index is 12.0. The van der Waals surface area contributed by atoms with Crippen LogP contribution in [0.2, 0.25) is 0 Å². The van der Waals surface area contributed by atoms with Crippen LogP contribution in [0.25, 0.3) is 11.2 Å². The summed E-state index contributed by atoms with van der Waals surface area (Å²) >= 11 is 0. The second kappa shape index (κ2) is 5.72. The maximum atomic E-state index is 12.0. The molecular weight excluding hydrogens is 274 g/mol. The summed E-state index contributed by atoms with van der Waals surface area (Å²) in [6, 6.07) is -0.161. The summed E-state index contributed by atoms with van der Waals surface area (Å²) in [5, 5.41) is 12.4. The zero-order valence-electron chi connectivity index (χ0n) is 12.7. The van der Waals surface area contributed by atoms with Gasteiger partial charge >= 0.3 is 5.69 Å². The molecule has 0 fully saturated rings. The van der Waals surface area contributed by atoms with E-state index in [4.69, 9.17) is 0 Å². The number of nitrogens with zero attached hydrogens (tertiary/aromatic N) is 3. The molecule has 2 heterocycles. The van der Waals surface area contributed by atoms with Gasteiger partial charge in [0.25, 0.3) is 5.56 Å². The Morgan fingerprint density at radius 3 is 2.52 bits per heavy atom. The summed E-state index contributed by atoms with van der Waals surface area (Å²) in [5.41, 5.74) is -0.278. The number of hydrogen-bond donors (Lipinski definition) is 3. The van der Waals surface area contributed by atoms with E-state index in [9.17, 15) is 14.7 Å². The molecule has 8 heteroatoms. The highest BCUT2D eigenvalue weighted by Crippen LogP contribution is 2.12. The van der Waals surface area contributed by atoms with Crippen LogP contribution in [0, 0.1) is 5.92 Å². The Hall–Kier alpha value is -2.09. The lowest BCUT2D eigenvalue weighted by atomic mass is 10.0. The molecule has 1 unspecified atom stereocenters. The fraction of sp³-hybridized carbons (Fsp3) is 0.615. The molecule has 0 amide bonds. The van der Waals surface area contributed by atoms with Gasteiger partial charge in [0.1, 0.15) is 0 Å². The van der Waals surface area contributed by atoms with Crippen LogP contribution in [-0.2, 0) is 14.1 Å². The number of aryl methyl sites for hydroxylation is 1. The van der Waals surface area contributed by atoms with Gasteiger partial charge in [0.05, 0.1) is 12.6 Å². The first-order valence-electron chi connectivity index (χ1n) is 6.88. The van der Waals surface area contributed by atoms with Gasteiger partial charge in [-0.25, -0.2) is 4.79 Å². The van der Waals surface area contributed by atoms with Gasteiger partial charge in [-0.2, -0.15) is 4.98 Å². The summed E-state index contributed by atoms with van der Waals surface area (Å²) < 4.78 is 2.34. The molecule has 1 atom stereocenters. The topological polar surface area (TPSA) is 105 Å². The number of anilines is 1. The van der Waals surface area contributed by atoms with Crippen LogP contribution in [0.1, 0.15) is 20.3 Å². The Morgan fingerprint density at radius 2 is 1.95 bits per heavy atom. The van der Waals surface area contributed by atoms with Crippen molar-refractivity contribution in [2.75, 3.05) is 11.9 Å². The summed E-state index contributed by atoms with van der Waals surface area (Å²) in [7, 11) is 2.99. The maximum Gasteiger partial charge on any atom is 0.332 e. The lowest BCUT2D eigenvalue weighted by Crippen LogP contribution is -2.36. The third-order valence-electron chi connectivity index (χ3n) is 3.41. The molecule has 3 N–H and O–H groups in total. The number of imidazole rings is 1. The van der Waals surface area contributed by atoms with Gasteiger partial charge in [-0.05, 0) is 12.3 Å². The molecule has 0 saturated carbocycles. The summed E-state index contributed by atoms with van der Waals surface area (Å²) in [4.78, 5) is 31.0. The van der Waals surface area contributed by atoms with E-state index < -0.39 is 11.2 Å². The molecule has 21 heavy (non-hydrogen) atoms. The van der Waals surface area contributed by atoms with Gasteiger partial charge in [-0.3, -0.25) is 13.9 Å². The highest BCUT2D eigenvalue weighted by Gasteiger charge is 2.16. The number of aliphatic hydroxyl groups excluding tert-OH is 1. The Morgan fingerprint density at radius 1 is 1.29 bits per heavy atom. The summed E-state index contributed by atoms with van der Waals surface area (Å²) in [6.45, 7) is 4.08. The molecule has 2 aromatic heterocycles. The van der Waals surface area contributed by atoms with Gasteiger partial charge in [0.15, 0.2) is 11.2 Å². The van der Waals surface area contributed by atoms with Crippen molar-refractivity contribution in [3.63, 3.8) is 0 Å². The Labute approximate surface area is 121 Å². The molecule has 0 aromatic carbocycles. The van der Waals surface area contributed by atoms with Gasteiger partial charge in [-0.15, -0.1) is 0 Å². The average Bonchev–Trinajstić information content (AvgIpc) is 2.85. The second-order valence-corrected chi connectivity index (χ2v) is 5.64. The highest BCUT2D eigenvalue weighted by molar-refractivity contribution is 5.72. The Kier molecular flexibility index (Phi) is 4.17. The van der Waals surface area contributed by atoms with Crippen LogP contribution in [0.3, 0.4) is 0 Å². The first-order valence-corrected chi connectivity index (χ1v) is 6.88. The first-order chi connectivity index (χ1) is 9.85. The van der Waals surface area contributed by atoms with Crippen molar-refractivity contribution >= 4 is 17.1 Å². The number of aliphatic hydroxyl groups is 1. The standard InChI is InChI=1S/C13H21N5O3/c1-7(2)5-8(6-19)14-12-15-9-10(16-12)17(3)13(21)18(4)11(9)20/h7-8,19H,5-6H2,1-4H3,(H2,14,15,16). The largest absolute Gasteiger partial charge is 0.394 e. The lowest BCUT2D eigenvalue weighted by molar-refractivity contribution is 0.259. The molecule has 0 aliphatic heterocycles. The van der Waals surface area contributed by atoms with E-state index in [2.05, 4.69) is 29.1 Å². The van der Waals surface area contributed by atoms with Crippen LogP contribution in [0.4, 0.5) is 5.95 Å². The molecule has 2 aromatic rings. The van der Waals surface area contributed by atoms with Crippen LogP contribution < -0.4 is 16.6 Å². The van der Waals surface area contributed by atoms with Crippen molar-refractivity contribution in [1.29, 1.82) is 0 Å². The summed E-state index contributed by atoms with van der Waals surface area (Å²) in [6.07, 6.45) is 0.768. The average molecular weight is 295 g/mol. The third kappa shape index (κ3) is 2.85. The molecule has 2 rings (SSSR count). The molecule has 116 valence electrons. The SMILES string of the molecule is CC(C)CC(CO)Nc1nc2c([nH]1)c(=O)n(C)c(=O)n2C. The monoisotopic (exact) mass is 295 g/mol. The lowest BCUT2D eigenvalue weighted by Gasteiger charge is -2.17. The Balaban J connectivity index is 2.44. The molecule has 0 radical (unpaired) electrons. The van der Waals surface area contributed by atoms with E-state index in [1.165, 1.54) is 11.6 Å². The third-order valence-corrected chi connectivity index (χ3v) is 3.41. The van der Waals surface area contributed by atoms with Crippen molar-refractivity contribution in [1.82, 2.24) is 19.1 Å². The summed E-state index contributed by atoms with van der Waals surface area (Å²) in [5.74, 6) is 0.791. The molecule has 0 saturated heterocycles. The molecule has 0 aliphatic carbocycles. The van der Waals surface area contributed by atoms with Crippen molar-refractivity contribution in [2.45, 2.75) is 26.3 Å². The van der Waals surface area contributed by atoms with Crippen LogP contribution >= 0.6 is 0 Å². The predicted molar refractivity (Wildman–Crippen MR) is 80.5 cm³/mol. The quantitative estimate of drug-likeness (QED) is 0.707. The van der Waals surface area contributed by atoms with Crippen molar-refractivity contribution in [3.8, 4) is 0 Å². The van der Waals surface area contributed by atoms with E-state index in [0.717, 1.165) is 11.0 Å². The smallest absolute Gasteiger partial charge is 0.332 e. The normalized spacial score (nSPS) is 13.0. The first kappa shape index (κ1) is 15.3. The van der Waals surface area contributed by atoms with Crippen LogP contribution in [-0.4, -0.2) is 36.9 Å². The molecule has 0 aliphatic rings. The molecule has 8 nitrogen and oxygen atoms in total. The molecule has 0 spiro atoms. The van der Waals surface area contributed by atoms with Gasteiger partial charge in [0, 0.05) is 14.1 Å². The predicted octanol–water partition coefficient (Wildman–Crippen LogP) is -0.221. The number of nitrogens with one attached hydrogen (secondary N) is 2. The van der Waals surface area contributed by atoms with Crippen molar-refractivity contribution in [2.24, 2.45) is 20.0 Å². The number of hydrogen-bond acceptors (Lipinski definition) is 5. The van der Waals surface area contributed by atoms with E-state index in [1.54, 1.807) is 7.05 Å². The highest BCUT2D eigenvalue weighted by atomic mass is 16.3. The van der Waals surface area contributed by atoms with Crippen molar-refractivity contribution in [3.05, 3.63) is 20.8 Å². The van der Waals surface area contributed by atoms with E-state index in [-0.39, 0.29) is 18.2 Å². The zero-order valence-corrected chi connectivity index (χ0v) is 12.7. The van der Waals surface area contributed by atoms with E-state index >= 15 is 0 Å². The molecule has 0 bridgehead atoms. The van der Waals surface area contributed by atoms with Gasteiger partial charge in [0.2, 0.25) is 5.95 Å². The Bertz CT molecular complexity index is 755. The number of fused-ring (bicyclic) bond motifs is 1. The van der Waals surface area contributed by atoms with Crippen molar-refractivity contribution < 1.29 is 5.11 Å². The van der Waals surface area contributed by atoms with E-state index in [0.29, 0.717) is 17.5 Å². The zero-order chi connectivity index (χ0) is 15.7. The molecular formula is C13H21N5O3. The fourth-order valence-corrected chi connectivity index (χ4v) is 2.34. The fourth-order valence-electron chi connectivity index (χ4n) is 2.34.